The van der Waals surface area contributed by atoms with Crippen LogP contribution < -0.4 is 5.11 Å². The van der Waals surface area contributed by atoms with Crippen molar-refractivity contribution in [3.63, 3.8) is 0 Å². The molecule has 2 unspecified atom stereocenters. The van der Waals surface area contributed by atoms with Crippen LogP contribution >= 0.6 is 0 Å². The molecule has 0 amide bonds. The van der Waals surface area contributed by atoms with Gasteiger partial charge in [-0.15, -0.1) is 0 Å². The smallest absolute Gasteiger partial charge is 0.306 e. The number of quaternary nitrogens is 1. The Morgan fingerprint density at radius 2 is 1.14 bits per heavy atom. The van der Waals surface area contributed by atoms with Gasteiger partial charge in [0.1, 0.15) is 6.54 Å². The van der Waals surface area contributed by atoms with Gasteiger partial charge in [-0.25, -0.2) is 0 Å². The minimum Gasteiger partial charge on any atom is -0.550 e. The third-order valence-corrected chi connectivity index (χ3v) is 6.82. The van der Waals surface area contributed by atoms with Gasteiger partial charge in [0.2, 0.25) is 0 Å². The first-order valence-electron chi connectivity index (χ1n) is 14.8. The van der Waals surface area contributed by atoms with Gasteiger partial charge in [-0.3, -0.25) is 4.79 Å². The fourth-order valence-corrected chi connectivity index (χ4v) is 4.78. The molecule has 0 rings (SSSR count). The van der Waals surface area contributed by atoms with Gasteiger partial charge in [0.05, 0.1) is 21.1 Å². The van der Waals surface area contributed by atoms with E-state index in [1.807, 2.05) is 21.1 Å². The fraction of sp³-hybridized carbons (Fsp3) is 0.933. The van der Waals surface area contributed by atoms with E-state index in [0.29, 0.717) is 17.4 Å². The van der Waals surface area contributed by atoms with E-state index in [9.17, 15) is 14.7 Å². The number of ether oxygens (including phenoxy) is 1. The van der Waals surface area contributed by atoms with Crippen molar-refractivity contribution >= 4 is 11.9 Å². The third kappa shape index (κ3) is 25.8. The number of nitrogens with zero attached hydrogens (tertiary/aromatic N) is 1. The van der Waals surface area contributed by atoms with Gasteiger partial charge in [-0.2, -0.15) is 0 Å². The van der Waals surface area contributed by atoms with Crippen molar-refractivity contribution in [2.75, 3.05) is 27.7 Å². The summed E-state index contributed by atoms with van der Waals surface area (Å²) in [6.07, 6.45) is 23.2. The van der Waals surface area contributed by atoms with E-state index in [2.05, 4.69) is 13.8 Å². The van der Waals surface area contributed by atoms with Gasteiger partial charge in [0, 0.05) is 18.8 Å². The minimum absolute atomic E-state index is 0.237. The van der Waals surface area contributed by atoms with Gasteiger partial charge in [0.15, 0.2) is 6.10 Å². The predicted octanol–water partition coefficient (Wildman–Crippen LogP) is 6.81. The van der Waals surface area contributed by atoms with E-state index in [1.54, 1.807) is 0 Å². The monoisotopic (exact) mass is 497 g/mol. The second-order valence-electron chi connectivity index (χ2n) is 11.9. The van der Waals surface area contributed by atoms with Crippen LogP contribution in [0.15, 0.2) is 0 Å². The van der Waals surface area contributed by atoms with E-state index in [-0.39, 0.29) is 12.4 Å². The van der Waals surface area contributed by atoms with Crippen molar-refractivity contribution in [1.82, 2.24) is 0 Å². The van der Waals surface area contributed by atoms with Crippen LogP contribution in [0, 0.1) is 5.92 Å². The Labute approximate surface area is 218 Å². The van der Waals surface area contributed by atoms with Crippen molar-refractivity contribution in [2.45, 2.75) is 148 Å². The van der Waals surface area contributed by atoms with Crippen molar-refractivity contribution in [1.29, 1.82) is 0 Å². The molecular weight excluding hydrogens is 438 g/mol. The summed E-state index contributed by atoms with van der Waals surface area (Å²) in [5.41, 5.74) is 0. The van der Waals surface area contributed by atoms with E-state index in [4.69, 9.17) is 4.74 Å². The maximum atomic E-state index is 12.1. The molecule has 5 heteroatoms. The number of carboxylic acids is 1. The summed E-state index contributed by atoms with van der Waals surface area (Å²) in [4.78, 5) is 23.0. The lowest BCUT2D eigenvalue weighted by atomic mass is 9.96. The SMILES string of the molecule is CCCCCCCCCCCCCC(C)CCCCCCCC(=O)OC(CC(=O)[O-])C[N+](C)(C)C. The molecule has 0 fully saturated rings. The van der Waals surface area contributed by atoms with Crippen LogP contribution in [0.2, 0.25) is 0 Å². The molecule has 0 spiro atoms. The van der Waals surface area contributed by atoms with Crippen LogP contribution in [0.4, 0.5) is 0 Å². The lowest BCUT2D eigenvalue weighted by Gasteiger charge is -2.29. The molecule has 0 aliphatic rings. The average Bonchev–Trinajstić information content (AvgIpc) is 2.75. The fourth-order valence-electron chi connectivity index (χ4n) is 4.78. The first kappa shape index (κ1) is 33.9. The first-order chi connectivity index (χ1) is 16.6. The highest BCUT2D eigenvalue weighted by atomic mass is 16.5. The van der Waals surface area contributed by atoms with Gasteiger partial charge >= 0.3 is 5.97 Å². The average molecular weight is 498 g/mol. The van der Waals surface area contributed by atoms with Crippen LogP contribution in [-0.2, 0) is 14.3 Å². The largest absolute Gasteiger partial charge is 0.550 e. The van der Waals surface area contributed by atoms with Crippen molar-refractivity contribution in [2.24, 2.45) is 5.92 Å². The van der Waals surface area contributed by atoms with Crippen LogP contribution in [0.1, 0.15) is 142 Å². The molecule has 0 saturated carbocycles. The van der Waals surface area contributed by atoms with E-state index in [0.717, 1.165) is 25.2 Å². The second kappa shape index (κ2) is 22.1. The van der Waals surface area contributed by atoms with Crippen LogP contribution in [0.3, 0.4) is 0 Å². The standard InChI is InChI=1S/C30H59NO4/c1-6-7-8-9-10-11-12-13-14-16-19-22-27(2)23-20-17-15-18-21-24-30(34)35-28(25-29(32)33)26-31(3,4)5/h27-28H,6-26H2,1-5H3. The number of aliphatic carboxylic acids is 1. The highest BCUT2D eigenvalue weighted by molar-refractivity contribution is 5.70. The first-order valence-corrected chi connectivity index (χ1v) is 14.8. The molecule has 0 aromatic rings. The maximum absolute atomic E-state index is 12.1. The van der Waals surface area contributed by atoms with Crippen LogP contribution in [0.5, 0.6) is 0 Å². The molecule has 2 atom stereocenters. The van der Waals surface area contributed by atoms with E-state index in [1.165, 1.54) is 96.3 Å². The molecule has 0 radical (unpaired) electrons. The molecule has 0 aromatic carbocycles. The molecule has 0 aromatic heterocycles. The van der Waals surface area contributed by atoms with Crippen LogP contribution in [0.25, 0.3) is 0 Å². The summed E-state index contributed by atoms with van der Waals surface area (Å²) in [5.74, 6) is -0.635. The third-order valence-electron chi connectivity index (χ3n) is 6.82. The minimum atomic E-state index is -1.17. The Balaban J connectivity index is 3.59. The van der Waals surface area contributed by atoms with Crippen molar-refractivity contribution in [3.05, 3.63) is 0 Å². The highest BCUT2D eigenvalue weighted by Crippen LogP contribution is 2.19. The number of hydrogen-bond acceptors (Lipinski definition) is 4. The topological polar surface area (TPSA) is 66.4 Å². The van der Waals surface area contributed by atoms with Gasteiger partial charge in [-0.05, 0) is 12.3 Å². The highest BCUT2D eigenvalue weighted by Gasteiger charge is 2.22. The maximum Gasteiger partial charge on any atom is 0.306 e. The zero-order valence-electron chi connectivity index (χ0n) is 24.1. The lowest BCUT2D eigenvalue weighted by Crippen LogP contribution is -2.45. The normalized spacial score (nSPS) is 13.5. The van der Waals surface area contributed by atoms with Gasteiger partial charge in [-0.1, -0.05) is 123 Å². The summed E-state index contributed by atoms with van der Waals surface area (Å²) in [6, 6.07) is 0. The number of hydrogen-bond donors (Lipinski definition) is 0. The molecule has 0 aliphatic heterocycles. The quantitative estimate of drug-likeness (QED) is 0.0789. The Morgan fingerprint density at radius 3 is 1.57 bits per heavy atom. The number of carboxylic acid groups (broad SMARTS) is 1. The molecule has 0 aliphatic carbocycles. The number of likely N-dealkylation sites (N-methyl/N-ethyl adjacent to an activating group) is 1. The molecule has 208 valence electrons. The van der Waals surface area contributed by atoms with Gasteiger partial charge < -0.3 is 19.1 Å². The number of unbranched alkanes of at least 4 members (excludes halogenated alkanes) is 14. The van der Waals surface area contributed by atoms with Crippen molar-refractivity contribution < 1.29 is 23.9 Å². The molecule has 35 heavy (non-hydrogen) atoms. The van der Waals surface area contributed by atoms with Crippen molar-refractivity contribution in [3.8, 4) is 0 Å². The molecule has 0 N–H and O–H groups in total. The zero-order chi connectivity index (χ0) is 26.4. The number of carbonyl (C=O) groups excluding carboxylic acids is 2. The van der Waals surface area contributed by atoms with E-state index < -0.39 is 12.1 Å². The number of esters is 1. The lowest BCUT2D eigenvalue weighted by molar-refractivity contribution is -0.873. The Hall–Kier alpha value is -1.10. The molecule has 0 saturated heterocycles. The number of rotatable bonds is 25. The Morgan fingerprint density at radius 1 is 0.714 bits per heavy atom. The summed E-state index contributed by atoms with van der Waals surface area (Å²) < 4.78 is 5.96. The van der Waals surface area contributed by atoms with E-state index >= 15 is 0 Å². The summed E-state index contributed by atoms with van der Waals surface area (Å²) >= 11 is 0. The molecule has 0 bridgehead atoms. The summed E-state index contributed by atoms with van der Waals surface area (Å²) in [5, 5.41) is 10.9. The second-order valence-corrected chi connectivity index (χ2v) is 11.9. The Kier molecular flexibility index (Phi) is 21.4. The van der Waals surface area contributed by atoms with Gasteiger partial charge in [0.25, 0.3) is 0 Å². The molecular formula is C30H59NO4. The zero-order valence-corrected chi connectivity index (χ0v) is 24.1. The molecule has 0 heterocycles. The summed E-state index contributed by atoms with van der Waals surface area (Å²) in [6.45, 7) is 5.14. The molecule has 5 nitrogen and oxygen atoms in total. The number of carbonyl (C=O) groups is 2. The van der Waals surface area contributed by atoms with Crippen LogP contribution in [-0.4, -0.2) is 50.2 Å². The summed E-state index contributed by atoms with van der Waals surface area (Å²) in [7, 11) is 5.86. The predicted molar refractivity (Wildman–Crippen MR) is 145 cm³/mol. The Bertz CT molecular complexity index is 515.